The highest BCUT2D eigenvalue weighted by atomic mass is 16.5. The first-order valence-corrected chi connectivity index (χ1v) is 6.67. The summed E-state index contributed by atoms with van der Waals surface area (Å²) in [5.74, 6) is -0.135. The standard InChI is InChI=1S/C13H22N2O3/c1-8(2)15-12(16)7-11(13(15)17)14-9-4-5-10(6-9)18-3/h8-11,14H,4-7H2,1-3H3. The second-order valence-electron chi connectivity index (χ2n) is 5.49. The highest BCUT2D eigenvalue weighted by molar-refractivity contribution is 6.05. The van der Waals surface area contributed by atoms with Crippen molar-refractivity contribution in [3.8, 4) is 0 Å². The van der Waals surface area contributed by atoms with Crippen molar-refractivity contribution in [2.24, 2.45) is 0 Å². The van der Waals surface area contributed by atoms with Gasteiger partial charge in [0.1, 0.15) is 0 Å². The van der Waals surface area contributed by atoms with Crippen molar-refractivity contribution in [1.82, 2.24) is 10.2 Å². The summed E-state index contributed by atoms with van der Waals surface area (Å²) in [5.41, 5.74) is 0. The predicted molar refractivity (Wildman–Crippen MR) is 67.0 cm³/mol. The van der Waals surface area contributed by atoms with Gasteiger partial charge in [-0.1, -0.05) is 0 Å². The molecule has 5 nitrogen and oxygen atoms in total. The Labute approximate surface area is 108 Å². The van der Waals surface area contributed by atoms with Gasteiger partial charge in [-0.3, -0.25) is 14.5 Å². The number of ether oxygens (including phenoxy) is 1. The molecule has 0 spiro atoms. The van der Waals surface area contributed by atoms with Gasteiger partial charge in [-0.2, -0.15) is 0 Å². The van der Waals surface area contributed by atoms with E-state index in [1.54, 1.807) is 7.11 Å². The van der Waals surface area contributed by atoms with Crippen molar-refractivity contribution >= 4 is 11.8 Å². The lowest BCUT2D eigenvalue weighted by molar-refractivity contribution is -0.140. The lowest BCUT2D eigenvalue weighted by atomic mass is 10.2. The molecule has 1 aliphatic heterocycles. The summed E-state index contributed by atoms with van der Waals surface area (Å²) in [6.45, 7) is 3.74. The third kappa shape index (κ3) is 2.57. The second kappa shape index (κ2) is 5.36. The maximum Gasteiger partial charge on any atom is 0.247 e. The molecule has 3 unspecified atom stereocenters. The normalized spacial score (nSPS) is 32.9. The summed E-state index contributed by atoms with van der Waals surface area (Å²) in [7, 11) is 1.72. The molecule has 1 aliphatic carbocycles. The fourth-order valence-corrected chi connectivity index (χ4v) is 2.91. The van der Waals surface area contributed by atoms with Gasteiger partial charge < -0.3 is 10.1 Å². The maximum atomic E-state index is 12.1. The van der Waals surface area contributed by atoms with Crippen LogP contribution in [0.4, 0.5) is 0 Å². The first kappa shape index (κ1) is 13.5. The van der Waals surface area contributed by atoms with Crippen LogP contribution < -0.4 is 5.32 Å². The monoisotopic (exact) mass is 254 g/mol. The van der Waals surface area contributed by atoms with Crippen molar-refractivity contribution in [2.45, 2.75) is 63.8 Å². The van der Waals surface area contributed by atoms with E-state index in [0.717, 1.165) is 19.3 Å². The zero-order valence-corrected chi connectivity index (χ0v) is 11.3. The Bertz CT molecular complexity index is 343. The van der Waals surface area contributed by atoms with E-state index >= 15 is 0 Å². The first-order chi connectivity index (χ1) is 8.52. The molecule has 1 heterocycles. The molecule has 18 heavy (non-hydrogen) atoms. The van der Waals surface area contributed by atoms with Crippen molar-refractivity contribution < 1.29 is 14.3 Å². The van der Waals surface area contributed by atoms with E-state index in [2.05, 4.69) is 5.32 Å². The molecule has 0 aromatic heterocycles. The number of carbonyl (C=O) groups excluding carboxylic acids is 2. The molecule has 1 N–H and O–H groups in total. The van der Waals surface area contributed by atoms with Gasteiger partial charge in [-0.25, -0.2) is 0 Å². The van der Waals surface area contributed by atoms with Crippen LogP contribution in [0.3, 0.4) is 0 Å². The first-order valence-electron chi connectivity index (χ1n) is 6.67. The highest BCUT2D eigenvalue weighted by Gasteiger charge is 2.41. The number of methoxy groups -OCH3 is 1. The summed E-state index contributed by atoms with van der Waals surface area (Å²) in [5, 5.41) is 3.32. The van der Waals surface area contributed by atoms with Crippen molar-refractivity contribution in [3.05, 3.63) is 0 Å². The quantitative estimate of drug-likeness (QED) is 0.750. The average molecular weight is 254 g/mol. The molecular formula is C13H22N2O3. The Morgan fingerprint density at radius 3 is 2.56 bits per heavy atom. The van der Waals surface area contributed by atoms with Gasteiger partial charge >= 0.3 is 0 Å². The van der Waals surface area contributed by atoms with Gasteiger partial charge in [-0.15, -0.1) is 0 Å². The second-order valence-corrected chi connectivity index (χ2v) is 5.49. The molecule has 2 amide bonds. The van der Waals surface area contributed by atoms with Crippen molar-refractivity contribution in [3.63, 3.8) is 0 Å². The number of hydrogen-bond acceptors (Lipinski definition) is 4. The number of likely N-dealkylation sites (tertiary alicyclic amines) is 1. The van der Waals surface area contributed by atoms with Crippen LogP contribution in [-0.4, -0.2) is 48.1 Å². The van der Waals surface area contributed by atoms with Crippen molar-refractivity contribution in [2.75, 3.05) is 7.11 Å². The van der Waals surface area contributed by atoms with E-state index in [-0.39, 0.29) is 30.0 Å². The minimum atomic E-state index is -0.333. The van der Waals surface area contributed by atoms with E-state index in [1.807, 2.05) is 13.8 Å². The molecule has 1 saturated carbocycles. The SMILES string of the molecule is COC1CCC(NC2CC(=O)N(C(C)C)C2=O)C1. The summed E-state index contributed by atoms with van der Waals surface area (Å²) < 4.78 is 5.31. The molecule has 3 atom stereocenters. The van der Waals surface area contributed by atoms with Gasteiger partial charge in [-0.05, 0) is 33.1 Å². The van der Waals surface area contributed by atoms with Crippen LogP contribution in [-0.2, 0) is 14.3 Å². The topological polar surface area (TPSA) is 58.6 Å². The molecule has 102 valence electrons. The Kier molecular flexibility index (Phi) is 4.02. The smallest absolute Gasteiger partial charge is 0.247 e. The van der Waals surface area contributed by atoms with Crippen LogP contribution in [0.2, 0.25) is 0 Å². The maximum absolute atomic E-state index is 12.1. The van der Waals surface area contributed by atoms with E-state index in [9.17, 15) is 9.59 Å². The van der Waals surface area contributed by atoms with Gasteiger partial charge in [0.25, 0.3) is 0 Å². The number of imide groups is 1. The average Bonchev–Trinajstić information content (AvgIpc) is 2.85. The summed E-state index contributed by atoms with van der Waals surface area (Å²) in [6.07, 6.45) is 3.55. The largest absolute Gasteiger partial charge is 0.381 e. The zero-order chi connectivity index (χ0) is 13.3. The molecule has 2 rings (SSSR count). The van der Waals surface area contributed by atoms with Crippen LogP contribution in [0.5, 0.6) is 0 Å². The molecule has 1 saturated heterocycles. The molecular weight excluding hydrogens is 232 g/mol. The van der Waals surface area contributed by atoms with E-state index in [1.165, 1.54) is 4.90 Å². The van der Waals surface area contributed by atoms with E-state index in [0.29, 0.717) is 12.5 Å². The summed E-state index contributed by atoms with van der Waals surface area (Å²) in [4.78, 5) is 25.3. The number of hydrogen-bond donors (Lipinski definition) is 1. The fourth-order valence-electron chi connectivity index (χ4n) is 2.91. The number of nitrogens with zero attached hydrogens (tertiary/aromatic N) is 1. The third-order valence-corrected chi connectivity index (χ3v) is 3.85. The lowest BCUT2D eigenvalue weighted by Gasteiger charge is -2.21. The van der Waals surface area contributed by atoms with Gasteiger partial charge in [0.15, 0.2) is 0 Å². The Balaban J connectivity index is 1.92. The summed E-state index contributed by atoms with van der Waals surface area (Å²) >= 11 is 0. The number of amides is 2. The van der Waals surface area contributed by atoms with Gasteiger partial charge in [0, 0.05) is 19.2 Å². The third-order valence-electron chi connectivity index (χ3n) is 3.85. The number of nitrogens with one attached hydrogen (secondary N) is 1. The molecule has 0 aromatic rings. The Hall–Kier alpha value is -0.940. The van der Waals surface area contributed by atoms with Crippen LogP contribution in [0.1, 0.15) is 39.5 Å². The van der Waals surface area contributed by atoms with E-state index in [4.69, 9.17) is 4.74 Å². The van der Waals surface area contributed by atoms with Crippen LogP contribution in [0.15, 0.2) is 0 Å². The molecule has 0 radical (unpaired) electrons. The Morgan fingerprint density at radius 2 is 2.06 bits per heavy atom. The molecule has 5 heteroatoms. The van der Waals surface area contributed by atoms with Gasteiger partial charge in [0.05, 0.1) is 18.6 Å². The molecule has 0 bridgehead atoms. The van der Waals surface area contributed by atoms with Gasteiger partial charge in [0.2, 0.25) is 11.8 Å². The number of carbonyl (C=O) groups is 2. The molecule has 2 fully saturated rings. The molecule has 2 aliphatic rings. The Morgan fingerprint density at radius 1 is 1.33 bits per heavy atom. The summed E-state index contributed by atoms with van der Waals surface area (Å²) in [6, 6.07) is -0.0866. The highest BCUT2D eigenvalue weighted by Crippen LogP contribution is 2.24. The fraction of sp³-hybridized carbons (Fsp3) is 0.846. The van der Waals surface area contributed by atoms with Crippen molar-refractivity contribution in [1.29, 1.82) is 0 Å². The van der Waals surface area contributed by atoms with E-state index < -0.39 is 0 Å². The molecule has 0 aromatic carbocycles. The minimum Gasteiger partial charge on any atom is -0.381 e. The van der Waals surface area contributed by atoms with Crippen LogP contribution >= 0.6 is 0 Å². The number of rotatable bonds is 4. The predicted octanol–water partition coefficient (Wildman–Crippen LogP) is 0.679. The minimum absolute atomic E-state index is 0.0490. The zero-order valence-electron chi connectivity index (χ0n) is 11.3. The van der Waals surface area contributed by atoms with Crippen LogP contribution in [0, 0.1) is 0 Å². The van der Waals surface area contributed by atoms with Crippen LogP contribution in [0.25, 0.3) is 0 Å². The lowest BCUT2D eigenvalue weighted by Crippen LogP contribution is -2.44.